The Labute approximate surface area is 99.0 Å². The third-order valence-corrected chi connectivity index (χ3v) is 3.00. The van der Waals surface area contributed by atoms with Crippen LogP contribution in [-0.2, 0) is 13.0 Å². The van der Waals surface area contributed by atoms with Crippen LogP contribution in [0.15, 0.2) is 18.3 Å². The van der Waals surface area contributed by atoms with Gasteiger partial charge < -0.3 is 10.3 Å². The number of halogens is 2. The monoisotopic (exact) mass is 238 g/mol. The molecule has 0 bridgehead atoms. The molecule has 0 saturated carbocycles. The van der Waals surface area contributed by atoms with Crippen LogP contribution in [0.4, 0.5) is 8.78 Å². The van der Waals surface area contributed by atoms with Crippen molar-refractivity contribution < 1.29 is 8.78 Å². The van der Waals surface area contributed by atoms with E-state index in [9.17, 15) is 8.78 Å². The maximum atomic E-state index is 13.8. The van der Waals surface area contributed by atoms with Crippen molar-refractivity contribution in [2.24, 2.45) is 5.73 Å². The molecule has 0 radical (unpaired) electrons. The molecule has 92 valence electrons. The van der Waals surface area contributed by atoms with Crippen LogP contribution in [0.1, 0.15) is 11.1 Å². The molecule has 0 unspecified atom stereocenters. The first-order chi connectivity index (χ1) is 8.19. The summed E-state index contributed by atoms with van der Waals surface area (Å²) in [4.78, 5) is 0. The fraction of sp³-hybridized carbons (Fsp3) is 0.385. The number of nitrogens with two attached hydrogens (primary N) is 1. The minimum atomic E-state index is -0.501. The Morgan fingerprint density at radius 3 is 2.76 bits per heavy atom. The van der Waals surface area contributed by atoms with E-state index in [0.29, 0.717) is 18.5 Å². The highest BCUT2D eigenvalue weighted by Gasteiger charge is 2.13. The van der Waals surface area contributed by atoms with E-state index < -0.39 is 6.67 Å². The van der Waals surface area contributed by atoms with Crippen LogP contribution < -0.4 is 5.73 Å². The predicted molar refractivity (Wildman–Crippen MR) is 65.4 cm³/mol. The molecule has 0 aliphatic rings. The summed E-state index contributed by atoms with van der Waals surface area (Å²) >= 11 is 0. The molecule has 1 aromatic heterocycles. The van der Waals surface area contributed by atoms with E-state index in [-0.39, 0.29) is 12.4 Å². The molecular weight excluding hydrogens is 222 g/mol. The van der Waals surface area contributed by atoms with E-state index in [2.05, 4.69) is 0 Å². The van der Waals surface area contributed by atoms with Gasteiger partial charge in [-0.3, -0.25) is 0 Å². The van der Waals surface area contributed by atoms with E-state index in [1.165, 1.54) is 6.07 Å². The van der Waals surface area contributed by atoms with Gasteiger partial charge in [0.15, 0.2) is 0 Å². The lowest BCUT2D eigenvalue weighted by Crippen LogP contribution is -2.02. The van der Waals surface area contributed by atoms with Crippen molar-refractivity contribution in [2.45, 2.75) is 19.9 Å². The van der Waals surface area contributed by atoms with Crippen molar-refractivity contribution in [1.29, 1.82) is 0 Å². The molecule has 0 spiro atoms. The molecule has 2 nitrogen and oxygen atoms in total. The molecular formula is C13H16F2N2. The van der Waals surface area contributed by atoms with Crippen molar-refractivity contribution >= 4 is 10.9 Å². The summed E-state index contributed by atoms with van der Waals surface area (Å²) < 4.78 is 27.9. The number of hydrogen-bond donors (Lipinski definition) is 1. The number of alkyl halides is 1. The van der Waals surface area contributed by atoms with Gasteiger partial charge >= 0.3 is 0 Å². The molecule has 2 rings (SSSR count). The first-order valence-corrected chi connectivity index (χ1v) is 5.72. The topological polar surface area (TPSA) is 30.9 Å². The average Bonchev–Trinajstić information content (AvgIpc) is 2.65. The van der Waals surface area contributed by atoms with Gasteiger partial charge in [0.1, 0.15) is 12.5 Å². The van der Waals surface area contributed by atoms with E-state index in [1.807, 2.05) is 13.1 Å². The maximum absolute atomic E-state index is 13.8. The van der Waals surface area contributed by atoms with Crippen molar-refractivity contribution in [2.75, 3.05) is 13.2 Å². The molecule has 2 aromatic rings. The van der Waals surface area contributed by atoms with Crippen molar-refractivity contribution in [3.05, 3.63) is 35.3 Å². The van der Waals surface area contributed by atoms with Gasteiger partial charge in [-0.1, -0.05) is 6.07 Å². The minimum Gasteiger partial charge on any atom is -0.342 e. The van der Waals surface area contributed by atoms with Gasteiger partial charge in [0.25, 0.3) is 0 Å². The number of aryl methyl sites for hydroxylation is 2. The summed E-state index contributed by atoms with van der Waals surface area (Å²) in [5, 5.41) is 0.879. The Morgan fingerprint density at radius 2 is 2.12 bits per heavy atom. The summed E-state index contributed by atoms with van der Waals surface area (Å²) in [5.74, 6) is -0.303. The maximum Gasteiger partial charge on any atom is 0.147 e. The van der Waals surface area contributed by atoms with Gasteiger partial charge in [0.2, 0.25) is 0 Å². The lowest BCUT2D eigenvalue weighted by atomic mass is 10.1. The molecule has 0 amide bonds. The third-order valence-electron chi connectivity index (χ3n) is 3.00. The van der Waals surface area contributed by atoms with Gasteiger partial charge in [-0.2, -0.15) is 0 Å². The zero-order chi connectivity index (χ0) is 12.4. The first-order valence-electron chi connectivity index (χ1n) is 5.72. The Bertz CT molecular complexity index is 486. The Balaban J connectivity index is 2.71. The second-order valence-electron chi connectivity index (χ2n) is 4.16. The van der Waals surface area contributed by atoms with Crippen LogP contribution >= 0.6 is 0 Å². The fourth-order valence-corrected chi connectivity index (χ4v) is 2.28. The standard InChI is InChI=1S/C13H16F2N2/c1-9-2-3-11(15)13-12(9)10(4-6-16)8-17(13)7-5-14/h2-3,8H,4-7,16H2,1H3. The number of rotatable bonds is 4. The van der Waals surface area contributed by atoms with E-state index in [4.69, 9.17) is 5.73 Å². The van der Waals surface area contributed by atoms with Crippen LogP contribution in [0.5, 0.6) is 0 Å². The average molecular weight is 238 g/mol. The minimum absolute atomic E-state index is 0.182. The summed E-state index contributed by atoms with van der Waals surface area (Å²) in [6.45, 7) is 2.12. The molecule has 0 fully saturated rings. The van der Waals surface area contributed by atoms with Crippen LogP contribution in [-0.4, -0.2) is 17.8 Å². The Kier molecular flexibility index (Phi) is 3.43. The van der Waals surface area contributed by atoms with Gasteiger partial charge in [0, 0.05) is 11.6 Å². The predicted octanol–water partition coefficient (Wildman–Crippen LogP) is 2.56. The highest BCUT2D eigenvalue weighted by Crippen LogP contribution is 2.27. The van der Waals surface area contributed by atoms with E-state index >= 15 is 0 Å². The Hall–Kier alpha value is -1.42. The molecule has 17 heavy (non-hydrogen) atoms. The van der Waals surface area contributed by atoms with Gasteiger partial charge in [-0.15, -0.1) is 0 Å². The summed E-state index contributed by atoms with van der Waals surface area (Å²) in [7, 11) is 0. The molecule has 2 N–H and O–H groups in total. The molecule has 1 aromatic carbocycles. The van der Waals surface area contributed by atoms with Crippen LogP contribution in [0.3, 0.4) is 0 Å². The normalized spacial score (nSPS) is 11.3. The second-order valence-corrected chi connectivity index (χ2v) is 4.16. The number of hydrogen-bond acceptors (Lipinski definition) is 1. The van der Waals surface area contributed by atoms with Crippen molar-refractivity contribution in [3.8, 4) is 0 Å². The smallest absolute Gasteiger partial charge is 0.147 e. The first kappa shape index (κ1) is 12.0. The highest BCUT2D eigenvalue weighted by atomic mass is 19.1. The lowest BCUT2D eigenvalue weighted by molar-refractivity contribution is 0.449. The van der Waals surface area contributed by atoms with Crippen LogP contribution in [0.25, 0.3) is 10.9 Å². The second kappa shape index (κ2) is 4.84. The van der Waals surface area contributed by atoms with Gasteiger partial charge in [-0.05, 0) is 37.1 Å². The molecule has 4 heteroatoms. The van der Waals surface area contributed by atoms with Gasteiger partial charge in [-0.25, -0.2) is 8.78 Å². The fourth-order valence-electron chi connectivity index (χ4n) is 2.28. The van der Waals surface area contributed by atoms with Crippen LogP contribution in [0.2, 0.25) is 0 Å². The molecule has 0 aliphatic heterocycles. The lowest BCUT2D eigenvalue weighted by Gasteiger charge is -2.04. The number of benzene rings is 1. The molecule has 0 saturated heterocycles. The largest absolute Gasteiger partial charge is 0.342 e. The van der Waals surface area contributed by atoms with E-state index in [1.54, 1.807) is 10.6 Å². The molecule has 1 heterocycles. The SMILES string of the molecule is Cc1ccc(F)c2c1c(CCN)cn2CCF. The number of aromatic nitrogens is 1. The molecule has 0 aliphatic carbocycles. The summed E-state index contributed by atoms with van der Waals surface area (Å²) in [5.41, 5.74) is 8.03. The van der Waals surface area contributed by atoms with Crippen LogP contribution in [0, 0.1) is 12.7 Å². The third kappa shape index (κ3) is 2.05. The number of nitrogens with zero attached hydrogens (tertiary/aromatic N) is 1. The van der Waals surface area contributed by atoms with Crippen molar-refractivity contribution in [1.82, 2.24) is 4.57 Å². The zero-order valence-corrected chi connectivity index (χ0v) is 9.84. The van der Waals surface area contributed by atoms with Gasteiger partial charge in [0.05, 0.1) is 12.1 Å². The zero-order valence-electron chi connectivity index (χ0n) is 9.84. The van der Waals surface area contributed by atoms with Crippen molar-refractivity contribution in [3.63, 3.8) is 0 Å². The summed E-state index contributed by atoms with van der Waals surface area (Å²) in [6, 6.07) is 3.18. The van der Waals surface area contributed by atoms with E-state index in [0.717, 1.165) is 16.5 Å². The molecule has 0 atom stereocenters. The summed E-state index contributed by atoms with van der Waals surface area (Å²) in [6.07, 6.45) is 2.49. The Morgan fingerprint density at radius 1 is 1.35 bits per heavy atom. The number of fused-ring (bicyclic) bond motifs is 1. The quantitative estimate of drug-likeness (QED) is 0.872. The highest BCUT2D eigenvalue weighted by molar-refractivity contribution is 5.87.